The van der Waals surface area contributed by atoms with E-state index in [9.17, 15) is 4.39 Å². The van der Waals surface area contributed by atoms with E-state index < -0.39 is 6.86 Å². The molecule has 0 rings (SSSR count). The van der Waals surface area contributed by atoms with Gasteiger partial charge < -0.3 is 4.65 Å². The molecule has 0 aliphatic heterocycles. The zero-order valence-electron chi connectivity index (χ0n) is 2.49. The van der Waals surface area contributed by atoms with Gasteiger partial charge in [-0.1, -0.05) is 0 Å². The highest BCUT2D eigenvalue weighted by Gasteiger charge is 1.56. The highest BCUT2D eigenvalue weighted by molar-refractivity contribution is 5.97. The maximum Gasteiger partial charge on any atom is 0.260 e. The minimum atomic E-state index is -0.681. The Kier molecular flexibility index (Phi) is 2.92. The Labute approximate surface area is 25.2 Å². The van der Waals surface area contributed by atoms with Gasteiger partial charge in [0.05, 0.1) is 0 Å². The van der Waals surface area contributed by atoms with E-state index in [2.05, 4.69) is 4.65 Å². The molecule has 4 heavy (non-hydrogen) atoms. The van der Waals surface area contributed by atoms with Gasteiger partial charge in [-0.05, 0) is 0 Å². The lowest BCUT2D eigenvalue weighted by Crippen LogP contribution is -1.74. The Hall–Kier alpha value is -0.0451. The summed E-state index contributed by atoms with van der Waals surface area (Å²) in [5.74, 6) is 0. The van der Waals surface area contributed by atoms with Crippen LogP contribution >= 0.6 is 0 Å². The molecule has 24 valence electrons. The monoisotopic (exact) mass is 62.0 g/mol. The minimum Gasteiger partial charge on any atom is -0.419 e. The average molecular weight is 61.9 g/mol. The molecular formula is CH4BFO. The van der Waals surface area contributed by atoms with Crippen LogP contribution in [-0.2, 0) is 4.65 Å². The summed E-state index contributed by atoms with van der Waals surface area (Å²) in [7, 11) is 1.31. The van der Waals surface area contributed by atoms with Crippen LogP contribution in [0.5, 0.6) is 0 Å². The first-order chi connectivity index (χ1) is 1.91. The molecule has 0 fully saturated rings. The van der Waals surface area contributed by atoms with Crippen LogP contribution in [-0.4, -0.2) is 14.9 Å². The average Bonchev–Trinajstić information content (AvgIpc) is 1.37. The molecule has 0 spiro atoms. The molecule has 0 amide bonds. The fourth-order valence-corrected chi connectivity index (χ4v) is 0. The van der Waals surface area contributed by atoms with Crippen molar-refractivity contribution in [2.45, 2.75) is 0 Å². The van der Waals surface area contributed by atoms with E-state index in [-0.39, 0.29) is 0 Å². The molecule has 0 aromatic carbocycles. The van der Waals surface area contributed by atoms with Crippen LogP contribution in [0.1, 0.15) is 0 Å². The molecule has 0 radical (unpaired) electrons. The Bertz CT molecular complexity index is 10.0. The first-order valence-corrected chi connectivity index (χ1v) is 0.964. The molecule has 0 aliphatic carbocycles. The van der Waals surface area contributed by atoms with Crippen LogP contribution in [0.3, 0.4) is 0 Å². The molecular weight excluding hydrogens is 57.8 g/mol. The summed E-state index contributed by atoms with van der Waals surface area (Å²) in [6.07, 6.45) is 0. The fraction of sp³-hybridized carbons (Fsp3) is 1.00. The van der Waals surface area contributed by atoms with Crippen LogP contribution in [0, 0.1) is 0 Å². The molecule has 0 saturated carbocycles. The van der Waals surface area contributed by atoms with Crippen LogP contribution in [0.2, 0.25) is 0 Å². The Morgan fingerprint density at radius 3 is 2.25 bits per heavy atom. The van der Waals surface area contributed by atoms with Crippen molar-refractivity contribution < 1.29 is 9.04 Å². The van der Waals surface area contributed by atoms with Gasteiger partial charge in [0.2, 0.25) is 0 Å². The lowest BCUT2D eigenvalue weighted by atomic mass is 10.6. The summed E-state index contributed by atoms with van der Waals surface area (Å²) in [6.45, 7) is -0.681. The second kappa shape index (κ2) is 2.95. The maximum atomic E-state index is 10.5. The Balaban J connectivity index is 1.97. The van der Waals surface area contributed by atoms with E-state index in [1.54, 1.807) is 0 Å². The van der Waals surface area contributed by atoms with E-state index in [1.165, 1.54) is 8.05 Å². The van der Waals surface area contributed by atoms with Gasteiger partial charge in [-0.2, -0.15) is 0 Å². The Morgan fingerprint density at radius 2 is 2.25 bits per heavy atom. The van der Waals surface area contributed by atoms with E-state index in [0.29, 0.717) is 0 Å². The third-order valence-corrected chi connectivity index (χ3v) is 0.109. The zero-order valence-corrected chi connectivity index (χ0v) is 2.49. The summed E-state index contributed by atoms with van der Waals surface area (Å²) < 4.78 is 14.4. The van der Waals surface area contributed by atoms with Gasteiger partial charge in [0.25, 0.3) is 8.05 Å². The SMILES string of the molecule is BOCF. The molecule has 0 aromatic rings. The standard InChI is InChI=1S/CH4BFO/c2-4-1-3/h1-2H2. The van der Waals surface area contributed by atoms with Gasteiger partial charge in [-0.25, -0.2) is 4.39 Å². The molecule has 0 saturated heterocycles. The summed E-state index contributed by atoms with van der Waals surface area (Å²) in [5, 5.41) is 0. The molecule has 0 unspecified atom stereocenters. The van der Waals surface area contributed by atoms with Gasteiger partial charge >= 0.3 is 0 Å². The highest BCUT2D eigenvalue weighted by Crippen LogP contribution is 1.57. The number of rotatable bonds is 1. The largest absolute Gasteiger partial charge is 0.419 e. The van der Waals surface area contributed by atoms with Gasteiger partial charge in [0.1, 0.15) is 0 Å². The number of hydrogen-bond acceptors (Lipinski definition) is 1. The highest BCUT2D eigenvalue weighted by atomic mass is 19.1. The maximum absolute atomic E-state index is 10.5. The fourth-order valence-electron chi connectivity index (χ4n) is 0. The summed E-state index contributed by atoms with van der Waals surface area (Å²) in [4.78, 5) is 0. The lowest BCUT2D eigenvalue weighted by Gasteiger charge is -1.73. The van der Waals surface area contributed by atoms with E-state index in [1.807, 2.05) is 0 Å². The van der Waals surface area contributed by atoms with Crippen LogP contribution in [0.4, 0.5) is 4.39 Å². The topological polar surface area (TPSA) is 9.23 Å². The summed E-state index contributed by atoms with van der Waals surface area (Å²) in [6, 6.07) is 0. The number of alkyl halides is 1. The third-order valence-electron chi connectivity index (χ3n) is 0.109. The van der Waals surface area contributed by atoms with Crippen molar-refractivity contribution in [3.8, 4) is 0 Å². The molecule has 3 heteroatoms. The number of hydrogen-bond donors (Lipinski definition) is 0. The van der Waals surface area contributed by atoms with Gasteiger partial charge in [0.15, 0.2) is 6.86 Å². The van der Waals surface area contributed by atoms with Crippen LogP contribution in [0.15, 0.2) is 0 Å². The van der Waals surface area contributed by atoms with Gasteiger partial charge in [0, 0.05) is 0 Å². The van der Waals surface area contributed by atoms with Crippen molar-refractivity contribution in [3.63, 3.8) is 0 Å². The van der Waals surface area contributed by atoms with Crippen molar-refractivity contribution in [2.75, 3.05) is 6.86 Å². The second-order valence-corrected chi connectivity index (χ2v) is 0.398. The zero-order chi connectivity index (χ0) is 3.41. The van der Waals surface area contributed by atoms with Crippen LogP contribution < -0.4 is 0 Å². The predicted molar refractivity (Wildman–Crippen MR) is 15.6 cm³/mol. The molecule has 0 atom stereocenters. The predicted octanol–water partition coefficient (Wildman–Crippen LogP) is -0.522. The van der Waals surface area contributed by atoms with Crippen LogP contribution in [0.25, 0.3) is 0 Å². The van der Waals surface area contributed by atoms with E-state index in [0.717, 1.165) is 0 Å². The molecule has 0 bridgehead atoms. The van der Waals surface area contributed by atoms with Crippen molar-refractivity contribution in [1.29, 1.82) is 0 Å². The molecule has 0 heterocycles. The van der Waals surface area contributed by atoms with E-state index in [4.69, 9.17) is 0 Å². The minimum absolute atomic E-state index is 0.681. The van der Waals surface area contributed by atoms with Crippen molar-refractivity contribution in [1.82, 2.24) is 0 Å². The first kappa shape index (κ1) is 3.95. The number of halogens is 1. The van der Waals surface area contributed by atoms with Crippen molar-refractivity contribution >= 4 is 8.05 Å². The third kappa shape index (κ3) is 1.95. The lowest BCUT2D eigenvalue weighted by molar-refractivity contribution is 0.208. The second-order valence-electron chi connectivity index (χ2n) is 0.398. The van der Waals surface area contributed by atoms with Crippen molar-refractivity contribution in [3.05, 3.63) is 0 Å². The summed E-state index contributed by atoms with van der Waals surface area (Å²) >= 11 is 0. The normalized spacial score (nSPS) is 7.25. The molecule has 0 aromatic heterocycles. The quantitative estimate of drug-likeness (QED) is 0.371. The van der Waals surface area contributed by atoms with Gasteiger partial charge in [-0.15, -0.1) is 0 Å². The molecule has 0 aliphatic rings. The molecule has 0 N–H and O–H groups in total. The first-order valence-electron chi connectivity index (χ1n) is 0.964. The molecule has 1 nitrogen and oxygen atoms in total. The Morgan fingerprint density at radius 1 is 2.00 bits per heavy atom. The summed E-state index contributed by atoms with van der Waals surface area (Å²) in [5.41, 5.74) is 0. The van der Waals surface area contributed by atoms with Gasteiger partial charge in [-0.3, -0.25) is 0 Å². The van der Waals surface area contributed by atoms with E-state index >= 15 is 0 Å². The van der Waals surface area contributed by atoms with Crippen molar-refractivity contribution in [2.24, 2.45) is 0 Å². The smallest absolute Gasteiger partial charge is 0.260 e.